The molecule has 8 fully saturated rings. The van der Waals surface area contributed by atoms with Gasteiger partial charge in [-0.2, -0.15) is 0 Å². The van der Waals surface area contributed by atoms with Gasteiger partial charge < -0.3 is 109 Å². The van der Waals surface area contributed by atoms with Gasteiger partial charge in [0.15, 0.2) is 18.9 Å². The van der Waals surface area contributed by atoms with E-state index in [1.165, 1.54) is 5.57 Å². The lowest BCUT2D eigenvalue weighted by atomic mass is 9.33. The molecular weight excluding hydrogens is 1000 g/mol. The maximum atomic E-state index is 15.1. The molecule has 0 spiro atoms. The Labute approximate surface area is 442 Å². The second-order valence-electron chi connectivity index (χ2n) is 25.7. The van der Waals surface area contributed by atoms with E-state index in [9.17, 15) is 71.5 Å². The van der Waals surface area contributed by atoms with Gasteiger partial charge in [0.1, 0.15) is 91.6 Å². The van der Waals surface area contributed by atoms with Crippen LogP contribution in [0.25, 0.3) is 0 Å². The third-order valence-corrected chi connectivity index (χ3v) is 21.2. The van der Waals surface area contributed by atoms with Crippen LogP contribution in [-0.2, 0) is 42.7 Å². The molecule has 4 saturated heterocycles. The Hall–Kier alpha value is -1.63. The Kier molecular flexibility index (Phi) is 16.8. The summed E-state index contributed by atoms with van der Waals surface area (Å²) in [5, 5.41) is 149. The van der Waals surface area contributed by atoms with Crippen molar-refractivity contribution in [2.45, 2.75) is 229 Å². The summed E-state index contributed by atoms with van der Waals surface area (Å²) in [7, 11) is 0. The number of esters is 1. The van der Waals surface area contributed by atoms with Crippen LogP contribution in [0, 0.1) is 50.2 Å². The highest BCUT2D eigenvalue weighted by atomic mass is 16.8. The van der Waals surface area contributed by atoms with E-state index in [4.69, 9.17) is 37.9 Å². The average molecular weight is 1090 g/mol. The number of aliphatic hydroxyl groups is 14. The van der Waals surface area contributed by atoms with Gasteiger partial charge in [-0.15, -0.1) is 0 Å². The number of carbonyl (C=O) groups is 1. The predicted molar refractivity (Wildman–Crippen MR) is 258 cm³/mol. The van der Waals surface area contributed by atoms with Crippen molar-refractivity contribution in [3.8, 4) is 0 Å². The highest BCUT2D eigenvalue weighted by molar-refractivity contribution is 5.79. The van der Waals surface area contributed by atoms with Gasteiger partial charge in [-0.05, 0) is 104 Å². The molecule has 9 aliphatic rings. The third-order valence-electron chi connectivity index (χ3n) is 21.2. The SMILES string of the molecule is CC1(C)CC[C@]2(C(=O)O[C@@H]3O[C@H](CO[C@@H]4O[C@H](CO)[C@@H](O)[C@H](O)[C@H]4O)[C@@H](O)[C@H](O)[C@H]3O)CC[C@]3(C)C(=CC[C@@H]4[C@@]5(C)CC[C@H](O[C@@H]6O[C@H](CO)[C@H](O)[C@H](O[C@@H]7OC[C@H](O)[C@H](O)[C@H]7O)[C@H]6O)[C@@](C)(CO)[C@@H]5CC[C@]43C)[C@@H]2C1. The molecular formula is C53H86O23. The fourth-order valence-corrected chi connectivity index (χ4v) is 16.2. The first-order valence-electron chi connectivity index (χ1n) is 27.4. The summed E-state index contributed by atoms with van der Waals surface area (Å²) in [6.45, 7) is 10.8. The molecule has 23 nitrogen and oxygen atoms in total. The van der Waals surface area contributed by atoms with Gasteiger partial charge in [0.25, 0.3) is 0 Å². The summed E-state index contributed by atoms with van der Waals surface area (Å²) in [6, 6.07) is 0. The Morgan fingerprint density at radius 3 is 1.88 bits per heavy atom. The molecule has 5 aliphatic carbocycles. The molecule has 0 amide bonds. The van der Waals surface area contributed by atoms with Crippen LogP contribution in [0.4, 0.5) is 0 Å². The van der Waals surface area contributed by atoms with Crippen LogP contribution in [0.5, 0.6) is 0 Å². The van der Waals surface area contributed by atoms with Gasteiger partial charge in [0, 0.05) is 5.41 Å². The fraction of sp³-hybridized carbons (Fsp3) is 0.943. The first kappa shape index (κ1) is 59.0. The van der Waals surface area contributed by atoms with Crippen LogP contribution < -0.4 is 0 Å². The summed E-state index contributed by atoms with van der Waals surface area (Å²) >= 11 is 0. The van der Waals surface area contributed by atoms with Crippen molar-refractivity contribution < 1.29 is 114 Å². The summed E-state index contributed by atoms with van der Waals surface area (Å²) in [5.41, 5.74) is -1.87. The van der Waals surface area contributed by atoms with Crippen LogP contribution in [0.2, 0.25) is 0 Å². The van der Waals surface area contributed by atoms with Gasteiger partial charge >= 0.3 is 5.97 Å². The number of hydrogen-bond donors (Lipinski definition) is 14. The molecule has 9 rings (SSSR count). The van der Waals surface area contributed by atoms with E-state index in [1.807, 2.05) is 6.92 Å². The van der Waals surface area contributed by atoms with E-state index in [-0.39, 0.29) is 52.6 Å². The van der Waals surface area contributed by atoms with Gasteiger partial charge in [-0.25, -0.2) is 0 Å². The topological polar surface area (TPSA) is 374 Å². The summed E-state index contributed by atoms with van der Waals surface area (Å²) < 4.78 is 47.0. The molecule has 4 saturated carbocycles. The van der Waals surface area contributed by atoms with E-state index in [1.54, 1.807) is 0 Å². The Morgan fingerprint density at radius 1 is 0.605 bits per heavy atom. The normalized spacial score (nSPS) is 54.3. The van der Waals surface area contributed by atoms with Gasteiger partial charge in [-0.1, -0.05) is 53.2 Å². The van der Waals surface area contributed by atoms with Crippen LogP contribution >= 0.6 is 0 Å². The highest BCUT2D eigenvalue weighted by Crippen LogP contribution is 2.76. The predicted octanol–water partition coefficient (Wildman–Crippen LogP) is -2.42. The molecule has 4 heterocycles. The van der Waals surface area contributed by atoms with E-state index < -0.39 is 159 Å². The van der Waals surface area contributed by atoms with Crippen molar-refractivity contribution in [3.63, 3.8) is 0 Å². The summed E-state index contributed by atoms with van der Waals surface area (Å²) in [4.78, 5) is 15.1. The van der Waals surface area contributed by atoms with Crippen LogP contribution in [0.15, 0.2) is 11.6 Å². The zero-order chi connectivity index (χ0) is 55.4. The molecule has 0 aromatic heterocycles. The zero-order valence-corrected chi connectivity index (χ0v) is 44.4. The second-order valence-corrected chi connectivity index (χ2v) is 25.7. The zero-order valence-electron chi connectivity index (χ0n) is 44.4. The van der Waals surface area contributed by atoms with Crippen LogP contribution in [0.3, 0.4) is 0 Å². The van der Waals surface area contributed by atoms with Gasteiger partial charge in [-0.3, -0.25) is 4.79 Å². The second kappa shape index (κ2) is 21.6. The molecule has 76 heavy (non-hydrogen) atoms. The molecule has 4 aliphatic heterocycles. The molecule has 0 unspecified atom stereocenters. The minimum atomic E-state index is -1.85. The minimum Gasteiger partial charge on any atom is -0.432 e. The number of allylic oxidation sites excluding steroid dienone is 2. The smallest absolute Gasteiger partial charge is 0.315 e. The Bertz CT molecular complexity index is 2080. The van der Waals surface area contributed by atoms with Gasteiger partial charge in [0.05, 0.1) is 44.6 Å². The maximum Gasteiger partial charge on any atom is 0.315 e. The molecule has 23 heteroatoms. The van der Waals surface area contributed by atoms with E-state index in [0.29, 0.717) is 57.8 Å². The third kappa shape index (κ3) is 9.56. The molecule has 0 aromatic carbocycles. The molecule has 0 bridgehead atoms. The van der Waals surface area contributed by atoms with Crippen molar-refractivity contribution >= 4 is 5.97 Å². The quantitative estimate of drug-likeness (QED) is 0.0549. The lowest BCUT2D eigenvalue weighted by molar-refractivity contribution is -0.363. The molecule has 14 N–H and O–H groups in total. The lowest BCUT2D eigenvalue weighted by Gasteiger charge is -2.71. The van der Waals surface area contributed by atoms with E-state index in [0.717, 1.165) is 6.42 Å². The number of fused-ring (bicyclic) bond motifs is 7. The minimum absolute atomic E-state index is 0.0837. The van der Waals surface area contributed by atoms with Crippen molar-refractivity contribution in [2.75, 3.05) is 33.0 Å². The Morgan fingerprint density at radius 2 is 1.21 bits per heavy atom. The highest BCUT2D eigenvalue weighted by Gasteiger charge is 2.71. The first-order chi connectivity index (χ1) is 35.7. The van der Waals surface area contributed by atoms with E-state index >= 15 is 4.79 Å². The summed E-state index contributed by atoms with van der Waals surface area (Å²) in [5.74, 6) is -0.824. The average Bonchev–Trinajstić information content (AvgIpc) is 3.58. The van der Waals surface area contributed by atoms with Crippen LogP contribution in [-0.4, -0.2) is 233 Å². The van der Waals surface area contributed by atoms with Crippen molar-refractivity contribution in [2.24, 2.45) is 50.2 Å². The monoisotopic (exact) mass is 1090 g/mol. The number of ether oxygens (including phenoxy) is 8. The molecule has 0 radical (unpaired) electrons. The number of carbonyl (C=O) groups excluding carboxylic acids is 1. The number of aliphatic hydroxyl groups excluding tert-OH is 14. The molecule has 436 valence electrons. The first-order valence-corrected chi connectivity index (χ1v) is 27.4. The van der Waals surface area contributed by atoms with Crippen molar-refractivity contribution in [1.82, 2.24) is 0 Å². The summed E-state index contributed by atoms with van der Waals surface area (Å²) in [6.07, 6.45) is -22.4. The van der Waals surface area contributed by atoms with E-state index in [2.05, 4.69) is 40.7 Å². The molecule has 0 aromatic rings. The maximum absolute atomic E-state index is 15.1. The van der Waals surface area contributed by atoms with Crippen LogP contribution in [0.1, 0.15) is 106 Å². The number of rotatable bonds is 12. The Balaban J connectivity index is 0.926. The largest absolute Gasteiger partial charge is 0.432 e. The number of hydrogen-bond acceptors (Lipinski definition) is 23. The standard InChI is InChI=1S/C53H86O23/c1-48(2)13-15-53(47(68)76-45-40(66)37(63)34(60)28(73-45)21-70-43-39(65)36(62)33(59)26(18-54)71-43)16-14-51(5)23(24(53)17-48)7-8-30-49(3)11-10-31(50(4,22-56)29(49)9-12-52(30,51)6)74-46-41(67)42(35(61)27(19-55)72-46)75-44-38(64)32(58)25(57)20-69-44/h7,24-46,54-67H,8-22H2,1-6H3/t24-,25-,26+,27+,28+,29+,30+,31-,32-,33+,34+,35-,36-,37-,38+,39+,40+,41+,42-,43+,44-,45-,46-,49-,50-,51+,52+,53-/m0/s1. The van der Waals surface area contributed by atoms with Gasteiger partial charge in [0.2, 0.25) is 6.29 Å². The van der Waals surface area contributed by atoms with Crippen molar-refractivity contribution in [1.29, 1.82) is 0 Å². The molecule has 28 atom stereocenters. The lowest BCUT2D eigenvalue weighted by Crippen LogP contribution is -2.67. The fourth-order valence-electron chi connectivity index (χ4n) is 16.2. The van der Waals surface area contributed by atoms with Crippen molar-refractivity contribution in [3.05, 3.63) is 11.6 Å².